The maximum Gasteiger partial charge on any atom is 0.0107 e. The summed E-state index contributed by atoms with van der Waals surface area (Å²) in [5.41, 5.74) is 1.46. The minimum atomic E-state index is 0.621. The summed E-state index contributed by atoms with van der Waals surface area (Å²) in [5, 5.41) is 3.91. The van der Waals surface area contributed by atoms with Gasteiger partial charge in [0, 0.05) is 12.1 Å². The van der Waals surface area contributed by atoms with E-state index in [1.807, 2.05) is 0 Å². The Bertz CT molecular complexity index is 351. The van der Waals surface area contributed by atoms with Gasteiger partial charge in [-0.25, -0.2) is 0 Å². The molecule has 0 spiro atoms. The summed E-state index contributed by atoms with van der Waals surface area (Å²) in [6, 6.07) is 12.2. The first kappa shape index (κ1) is 15.6. The average Bonchev–Trinajstić information content (AvgIpc) is 2.76. The van der Waals surface area contributed by atoms with Crippen molar-refractivity contribution in [3.63, 3.8) is 0 Å². The first-order chi connectivity index (χ1) is 9.79. The fraction of sp³-hybridized carbons (Fsp3) is 0.684. The van der Waals surface area contributed by atoms with Crippen molar-refractivity contribution < 1.29 is 0 Å². The summed E-state index contributed by atoms with van der Waals surface area (Å²) >= 11 is 0. The highest BCUT2D eigenvalue weighted by atomic mass is 14.9. The molecular weight excluding hydrogens is 242 g/mol. The highest BCUT2D eigenvalue weighted by molar-refractivity contribution is 5.15. The molecule has 1 nitrogen and oxygen atoms in total. The zero-order chi connectivity index (χ0) is 14.2. The van der Waals surface area contributed by atoms with Crippen molar-refractivity contribution in [3.8, 4) is 0 Å². The molecule has 0 heterocycles. The molecule has 0 aliphatic heterocycles. The van der Waals surface area contributed by atoms with E-state index in [2.05, 4.69) is 49.5 Å². The Morgan fingerprint density at radius 2 is 1.70 bits per heavy atom. The topological polar surface area (TPSA) is 12.0 Å². The molecule has 1 saturated carbocycles. The number of rotatable bonds is 6. The minimum absolute atomic E-state index is 0.621. The molecule has 1 fully saturated rings. The largest absolute Gasteiger partial charge is 0.311 e. The Morgan fingerprint density at radius 3 is 2.30 bits per heavy atom. The smallest absolute Gasteiger partial charge is 0.0107 e. The van der Waals surface area contributed by atoms with E-state index in [9.17, 15) is 0 Å². The van der Waals surface area contributed by atoms with Crippen molar-refractivity contribution in [3.05, 3.63) is 35.9 Å². The van der Waals surface area contributed by atoms with E-state index in [0.29, 0.717) is 12.1 Å². The number of hydrogen-bond acceptors (Lipinski definition) is 1. The second kappa shape index (κ2) is 8.46. The molecule has 2 atom stereocenters. The molecule has 1 unspecified atom stereocenters. The second-order valence-corrected chi connectivity index (χ2v) is 6.50. The highest BCUT2D eigenvalue weighted by Crippen LogP contribution is 2.26. The molecule has 112 valence electrons. The van der Waals surface area contributed by atoms with Gasteiger partial charge in [0.2, 0.25) is 0 Å². The van der Waals surface area contributed by atoms with E-state index in [4.69, 9.17) is 0 Å². The van der Waals surface area contributed by atoms with Crippen LogP contribution in [-0.4, -0.2) is 12.1 Å². The van der Waals surface area contributed by atoms with Gasteiger partial charge < -0.3 is 5.32 Å². The van der Waals surface area contributed by atoms with Crippen molar-refractivity contribution in [2.24, 2.45) is 5.92 Å². The summed E-state index contributed by atoms with van der Waals surface area (Å²) in [6.45, 7) is 4.71. The second-order valence-electron chi connectivity index (χ2n) is 6.50. The van der Waals surface area contributed by atoms with Crippen molar-refractivity contribution in [1.29, 1.82) is 0 Å². The molecule has 0 bridgehead atoms. The van der Waals surface area contributed by atoms with Gasteiger partial charge in [0.25, 0.3) is 0 Å². The normalized spacial score (nSPS) is 20.3. The van der Waals surface area contributed by atoms with Gasteiger partial charge in [-0.1, -0.05) is 62.9 Å². The third-order valence-corrected chi connectivity index (χ3v) is 4.92. The Labute approximate surface area is 125 Å². The van der Waals surface area contributed by atoms with Gasteiger partial charge >= 0.3 is 0 Å². The van der Waals surface area contributed by atoms with Gasteiger partial charge in [-0.05, 0) is 44.1 Å². The molecule has 0 amide bonds. The van der Waals surface area contributed by atoms with Crippen LogP contribution in [0, 0.1) is 5.92 Å². The van der Waals surface area contributed by atoms with Crippen LogP contribution >= 0.6 is 0 Å². The van der Waals surface area contributed by atoms with Crippen LogP contribution in [-0.2, 0) is 6.42 Å². The van der Waals surface area contributed by atoms with Crippen LogP contribution in [0.15, 0.2) is 30.3 Å². The van der Waals surface area contributed by atoms with Gasteiger partial charge in [0.15, 0.2) is 0 Å². The predicted octanol–water partition coefficient (Wildman–Crippen LogP) is 4.96. The number of nitrogens with one attached hydrogen (secondary N) is 1. The highest BCUT2D eigenvalue weighted by Gasteiger charge is 2.21. The standard InChI is InChI=1S/C19H31N/c1-3-19(15-17-11-7-6-8-12-17)20-16(2)18-13-9-4-5-10-14-18/h6-8,11-12,16,18-20H,3-5,9-10,13-15H2,1-2H3/t16-,19?/m1/s1. The van der Waals surface area contributed by atoms with Crippen molar-refractivity contribution in [2.45, 2.75) is 77.3 Å². The van der Waals surface area contributed by atoms with Crippen molar-refractivity contribution in [1.82, 2.24) is 5.32 Å². The average molecular weight is 273 g/mol. The van der Waals surface area contributed by atoms with Gasteiger partial charge in [-0.3, -0.25) is 0 Å². The van der Waals surface area contributed by atoms with E-state index in [0.717, 1.165) is 12.3 Å². The van der Waals surface area contributed by atoms with Gasteiger partial charge in [0.1, 0.15) is 0 Å². The van der Waals surface area contributed by atoms with Crippen molar-refractivity contribution in [2.75, 3.05) is 0 Å². The Balaban J connectivity index is 1.85. The Hall–Kier alpha value is -0.820. The first-order valence-corrected chi connectivity index (χ1v) is 8.59. The van der Waals surface area contributed by atoms with E-state index < -0.39 is 0 Å². The molecule has 1 N–H and O–H groups in total. The Kier molecular flexibility index (Phi) is 6.59. The summed E-state index contributed by atoms with van der Waals surface area (Å²) in [4.78, 5) is 0. The van der Waals surface area contributed by atoms with Gasteiger partial charge in [-0.15, -0.1) is 0 Å². The van der Waals surface area contributed by atoms with Crippen LogP contribution < -0.4 is 5.32 Å². The molecule has 20 heavy (non-hydrogen) atoms. The van der Waals surface area contributed by atoms with E-state index in [1.54, 1.807) is 0 Å². The SMILES string of the molecule is CCC(Cc1ccccc1)N[C@H](C)C1CCCCCC1. The number of hydrogen-bond donors (Lipinski definition) is 1. The monoisotopic (exact) mass is 273 g/mol. The van der Waals surface area contributed by atoms with E-state index >= 15 is 0 Å². The molecule has 0 saturated heterocycles. The molecule has 2 rings (SSSR count). The van der Waals surface area contributed by atoms with Crippen LogP contribution in [0.1, 0.15) is 64.4 Å². The third kappa shape index (κ3) is 4.94. The lowest BCUT2D eigenvalue weighted by Crippen LogP contribution is -2.41. The summed E-state index contributed by atoms with van der Waals surface area (Å²) in [5.74, 6) is 0.891. The maximum atomic E-state index is 3.91. The van der Waals surface area contributed by atoms with Crippen molar-refractivity contribution >= 4 is 0 Å². The molecule has 1 aromatic carbocycles. The van der Waals surface area contributed by atoms with Crippen LogP contribution in [0.25, 0.3) is 0 Å². The number of benzene rings is 1. The predicted molar refractivity (Wildman–Crippen MR) is 88.0 cm³/mol. The molecule has 1 heteroatoms. The van der Waals surface area contributed by atoms with Crippen LogP contribution in [0.2, 0.25) is 0 Å². The quantitative estimate of drug-likeness (QED) is 0.723. The van der Waals surface area contributed by atoms with Crippen LogP contribution in [0.4, 0.5) is 0 Å². The van der Waals surface area contributed by atoms with Crippen LogP contribution in [0.5, 0.6) is 0 Å². The molecule has 1 aromatic rings. The molecular formula is C19H31N. The van der Waals surface area contributed by atoms with Gasteiger partial charge in [-0.2, -0.15) is 0 Å². The lowest BCUT2D eigenvalue weighted by molar-refractivity contribution is 0.303. The summed E-state index contributed by atoms with van der Waals surface area (Å²) in [6.07, 6.45) is 11.0. The summed E-state index contributed by atoms with van der Waals surface area (Å²) in [7, 11) is 0. The van der Waals surface area contributed by atoms with E-state index in [1.165, 1.54) is 50.5 Å². The van der Waals surface area contributed by atoms with Gasteiger partial charge in [0.05, 0.1) is 0 Å². The zero-order valence-electron chi connectivity index (χ0n) is 13.3. The molecule has 0 radical (unpaired) electrons. The lowest BCUT2D eigenvalue weighted by Gasteiger charge is -2.28. The summed E-state index contributed by atoms with van der Waals surface area (Å²) < 4.78 is 0. The van der Waals surface area contributed by atoms with E-state index in [-0.39, 0.29) is 0 Å². The molecule has 1 aliphatic rings. The first-order valence-electron chi connectivity index (χ1n) is 8.59. The minimum Gasteiger partial charge on any atom is -0.311 e. The Morgan fingerprint density at radius 1 is 1.05 bits per heavy atom. The zero-order valence-corrected chi connectivity index (χ0v) is 13.3. The third-order valence-electron chi connectivity index (χ3n) is 4.92. The maximum absolute atomic E-state index is 3.91. The fourth-order valence-corrected chi connectivity index (χ4v) is 3.54. The molecule has 1 aliphatic carbocycles. The van der Waals surface area contributed by atoms with Crippen LogP contribution in [0.3, 0.4) is 0 Å². The fourth-order valence-electron chi connectivity index (χ4n) is 3.54. The molecule has 0 aromatic heterocycles. The lowest BCUT2D eigenvalue weighted by atomic mass is 9.91.